The normalized spacial score (nSPS) is 10.8. The first kappa shape index (κ1) is 22.8. The second-order valence-electron chi connectivity index (χ2n) is 8.23. The maximum atomic E-state index is 4.58. The summed E-state index contributed by atoms with van der Waals surface area (Å²) < 4.78 is 0. The van der Waals surface area contributed by atoms with Crippen LogP contribution in [-0.2, 0) is 17.1 Å². The van der Waals surface area contributed by atoms with Crippen LogP contribution in [0.2, 0.25) is 0 Å². The number of aryl methyl sites for hydroxylation is 4. The van der Waals surface area contributed by atoms with Crippen LogP contribution in [0.3, 0.4) is 0 Å². The van der Waals surface area contributed by atoms with Crippen molar-refractivity contribution in [1.29, 1.82) is 0 Å². The van der Waals surface area contributed by atoms with E-state index in [0.29, 0.717) is 0 Å². The molecule has 0 spiro atoms. The first-order valence-corrected chi connectivity index (χ1v) is 10.8. The summed E-state index contributed by atoms with van der Waals surface area (Å²) in [6.45, 7) is 8.03. The molecule has 4 heterocycles. The van der Waals surface area contributed by atoms with Gasteiger partial charge in [-0.15, -0.1) is 0 Å². The zero-order chi connectivity index (χ0) is 22.2. The Labute approximate surface area is 203 Å². The van der Waals surface area contributed by atoms with Crippen molar-refractivity contribution in [2.24, 2.45) is 0 Å². The molecule has 0 aliphatic heterocycles. The Balaban J connectivity index is 0.000000152. The molecule has 2 aromatic carbocycles. The Morgan fingerprint density at radius 3 is 0.727 bits per heavy atom. The molecular formula is C28H24CuN4+. The third-order valence-electron chi connectivity index (χ3n) is 5.60. The van der Waals surface area contributed by atoms with Crippen molar-refractivity contribution in [2.75, 3.05) is 0 Å². The predicted octanol–water partition coefficient (Wildman–Crippen LogP) is 6.80. The van der Waals surface area contributed by atoms with E-state index < -0.39 is 0 Å². The van der Waals surface area contributed by atoms with E-state index >= 15 is 0 Å². The molecule has 0 unspecified atom stereocenters. The van der Waals surface area contributed by atoms with E-state index in [0.717, 1.165) is 66.4 Å². The standard InChI is InChI=1S/2C14H12N2.Cu/c2*1-9-3-5-11-7-8-12-6-4-10(2)16-14(12)13(11)15-9;/h2*3-8H,1-2H3;/q;;+1. The quantitative estimate of drug-likeness (QED) is 0.177. The maximum Gasteiger partial charge on any atom is 1.00 e. The zero-order valence-corrected chi connectivity index (χ0v) is 20.0. The molecule has 6 rings (SSSR count). The van der Waals surface area contributed by atoms with Crippen molar-refractivity contribution in [3.05, 3.63) is 95.6 Å². The fraction of sp³-hybridized carbons (Fsp3) is 0.143. The Bertz CT molecular complexity index is 1380. The molecule has 0 aliphatic rings. The van der Waals surface area contributed by atoms with Gasteiger partial charge in [-0.25, -0.2) is 0 Å². The first-order chi connectivity index (χ1) is 15.5. The van der Waals surface area contributed by atoms with Gasteiger partial charge >= 0.3 is 17.1 Å². The van der Waals surface area contributed by atoms with Crippen molar-refractivity contribution < 1.29 is 17.1 Å². The summed E-state index contributed by atoms with van der Waals surface area (Å²) >= 11 is 0. The van der Waals surface area contributed by atoms with Crippen molar-refractivity contribution >= 4 is 43.6 Å². The van der Waals surface area contributed by atoms with Crippen LogP contribution in [0.4, 0.5) is 0 Å². The molecule has 0 saturated heterocycles. The van der Waals surface area contributed by atoms with Crippen LogP contribution >= 0.6 is 0 Å². The molecular weight excluding hydrogens is 456 g/mol. The summed E-state index contributed by atoms with van der Waals surface area (Å²) in [5.74, 6) is 0. The van der Waals surface area contributed by atoms with Crippen molar-refractivity contribution in [1.82, 2.24) is 19.9 Å². The van der Waals surface area contributed by atoms with Crippen LogP contribution in [0, 0.1) is 27.7 Å². The SMILES string of the molecule is Cc1ccc2ccc3ccc(C)nc3c2n1.Cc1ccc2ccc3ccc(C)nc3c2n1.[Cu+]. The number of hydrogen-bond donors (Lipinski definition) is 0. The van der Waals surface area contributed by atoms with Gasteiger partial charge in [0, 0.05) is 44.3 Å². The van der Waals surface area contributed by atoms with Gasteiger partial charge in [0.1, 0.15) is 0 Å². The third kappa shape index (κ3) is 4.56. The Morgan fingerprint density at radius 2 is 0.515 bits per heavy atom. The molecule has 4 aromatic heterocycles. The molecule has 0 fully saturated rings. The molecule has 4 nitrogen and oxygen atoms in total. The van der Waals surface area contributed by atoms with Crippen molar-refractivity contribution in [3.63, 3.8) is 0 Å². The van der Waals surface area contributed by atoms with Gasteiger partial charge < -0.3 is 0 Å². The number of nitrogens with zero attached hydrogens (tertiary/aromatic N) is 4. The van der Waals surface area contributed by atoms with E-state index in [1.54, 1.807) is 0 Å². The van der Waals surface area contributed by atoms with Crippen LogP contribution in [0.25, 0.3) is 43.6 Å². The van der Waals surface area contributed by atoms with E-state index in [-0.39, 0.29) is 17.1 Å². The monoisotopic (exact) mass is 479 g/mol. The number of fused-ring (bicyclic) bond motifs is 6. The van der Waals surface area contributed by atoms with Gasteiger partial charge in [-0.2, -0.15) is 0 Å². The zero-order valence-electron chi connectivity index (χ0n) is 19.0. The summed E-state index contributed by atoms with van der Waals surface area (Å²) in [5.41, 5.74) is 8.13. The van der Waals surface area contributed by atoms with Gasteiger partial charge in [-0.05, 0) is 52.0 Å². The van der Waals surface area contributed by atoms with Crippen LogP contribution in [0.15, 0.2) is 72.8 Å². The number of hydrogen-bond acceptors (Lipinski definition) is 4. The average molecular weight is 480 g/mol. The summed E-state index contributed by atoms with van der Waals surface area (Å²) in [4.78, 5) is 18.3. The maximum absolute atomic E-state index is 4.58. The Morgan fingerprint density at radius 1 is 0.333 bits per heavy atom. The van der Waals surface area contributed by atoms with Crippen LogP contribution in [-0.4, -0.2) is 19.9 Å². The van der Waals surface area contributed by atoms with Gasteiger partial charge in [0.2, 0.25) is 0 Å². The van der Waals surface area contributed by atoms with Gasteiger partial charge in [0.15, 0.2) is 0 Å². The topological polar surface area (TPSA) is 51.6 Å². The molecule has 0 atom stereocenters. The van der Waals surface area contributed by atoms with Crippen LogP contribution in [0.5, 0.6) is 0 Å². The molecule has 33 heavy (non-hydrogen) atoms. The van der Waals surface area contributed by atoms with Crippen LogP contribution in [0.1, 0.15) is 22.8 Å². The fourth-order valence-electron chi connectivity index (χ4n) is 3.93. The van der Waals surface area contributed by atoms with E-state index in [1.165, 1.54) is 0 Å². The van der Waals surface area contributed by atoms with Gasteiger partial charge in [0.05, 0.1) is 22.1 Å². The average Bonchev–Trinajstić information content (AvgIpc) is 2.79. The minimum atomic E-state index is 0. The summed E-state index contributed by atoms with van der Waals surface area (Å²) in [5, 5.41) is 4.60. The smallest absolute Gasteiger partial charge is 0.251 e. The number of aromatic nitrogens is 4. The van der Waals surface area contributed by atoms with E-state index in [4.69, 9.17) is 0 Å². The second kappa shape index (κ2) is 9.22. The molecule has 0 radical (unpaired) electrons. The van der Waals surface area contributed by atoms with Crippen molar-refractivity contribution in [2.45, 2.75) is 27.7 Å². The minimum Gasteiger partial charge on any atom is -0.251 e. The summed E-state index contributed by atoms with van der Waals surface area (Å²) in [6, 6.07) is 24.9. The largest absolute Gasteiger partial charge is 1.00 e. The Kier molecular flexibility index (Phi) is 6.37. The molecule has 0 aliphatic carbocycles. The fourth-order valence-corrected chi connectivity index (χ4v) is 3.93. The van der Waals surface area contributed by atoms with E-state index in [9.17, 15) is 0 Å². The third-order valence-corrected chi connectivity index (χ3v) is 5.60. The van der Waals surface area contributed by atoms with Crippen molar-refractivity contribution in [3.8, 4) is 0 Å². The van der Waals surface area contributed by atoms with Gasteiger partial charge in [-0.3, -0.25) is 19.9 Å². The molecule has 0 bridgehead atoms. The molecule has 0 saturated carbocycles. The van der Waals surface area contributed by atoms with Gasteiger partial charge in [-0.1, -0.05) is 48.5 Å². The number of rotatable bonds is 0. The summed E-state index contributed by atoms with van der Waals surface area (Å²) in [7, 11) is 0. The predicted molar refractivity (Wildman–Crippen MR) is 133 cm³/mol. The molecule has 166 valence electrons. The minimum absolute atomic E-state index is 0. The van der Waals surface area contributed by atoms with Crippen LogP contribution < -0.4 is 0 Å². The molecule has 6 aromatic rings. The van der Waals surface area contributed by atoms with E-state index in [1.807, 2.05) is 52.0 Å². The molecule has 5 heteroatoms. The van der Waals surface area contributed by atoms with E-state index in [2.05, 4.69) is 68.5 Å². The molecule has 0 N–H and O–H groups in total. The Hall–Kier alpha value is -3.40. The molecule has 0 amide bonds. The summed E-state index contributed by atoms with van der Waals surface area (Å²) in [6.07, 6.45) is 0. The first-order valence-electron chi connectivity index (χ1n) is 10.8. The second-order valence-corrected chi connectivity index (χ2v) is 8.23. The number of benzene rings is 2. The van der Waals surface area contributed by atoms with Gasteiger partial charge in [0.25, 0.3) is 0 Å². The number of pyridine rings is 4.